The molecule has 0 aliphatic heterocycles. The molecule has 3 unspecified atom stereocenters. The molecule has 2 rings (SSSR count). The van der Waals surface area contributed by atoms with E-state index in [9.17, 15) is 4.79 Å². The van der Waals surface area contributed by atoms with E-state index in [-0.39, 0.29) is 11.3 Å². The maximum Gasteiger partial charge on any atom is 0.220 e. The van der Waals surface area contributed by atoms with E-state index in [4.69, 9.17) is 0 Å². The summed E-state index contributed by atoms with van der Waals surface area (Å²) in [5, 5.41) is 3.25. The average molecular weight is 255 g/mol. The standard InChI is InChI=1S/C14H25NOS/c1-3-11-4-5-12(10(11)2)15-13(16)8-14(9-17)6-7-14/h10-12,17H,3-9H2,1-2H3,(H,15,16). The number of hydrogen-bond acceptors (Lipinski definition) is 2. The van der Waals surface area contributed by atoms with E-state index in [1.807, 2.05) is 0 Å². The van der Waals surface area contributed by atoms with E-state index < -0.39 is 0 Å². The molecule has 2 aliphatic carbocycles. The second-order valence-electron chi connectivity index (χ2n) is 6.11. The molecule has 0 radical (unpaired) electrons. The van der Waals surface area contributed by atoms with Gasteiger partial charge in [0, 0.05) is 12.5 Å². The maximum absolute atomic E-state index is 12.0. The van der Waals surface area contributed by atoms with Crippen molar-refractivity contribution < 1.29 is 4.79 Å². The van der Waals surface area contributed by atoms with Crippen LogP contribution in [0.25, 0.3) is 0 Å². The number of rotatable bonds is 5. The fraction of sp³-hybridized carbons (Fsp3) is 0.929. The summed E-state index contributed by atoms with van der Waals surface area (Å²) in [6.07, 6.45) is 6.74. The molecule has 2 aliphatic rings. The summed E-state index contributed by atoms with van der Waals surface area (Å²) in [5.74, 6) is 2.57. The zero-order valence-corrected chi connectivity index (χ0v) is 11.9. The Morgan fingerprint density at radius 1 is 1.41 bits per heavy atom. The Bertz CT molecular complexity index is 288. The molecule has 0 aromatic rings. The minimum absolute atomic E-state index is 0.249. The molecule has 2 nitrogen and oxygen atoms in total. The highest BCUT2D eigenvalue weighted by Gasteiger charge is 2.43. The Hall–Kier alpha value is -0.180. The van der Waals surface area contributed by atoms with Crippen LogP contribution in [0.15, 0.2) is 0 Å². The Labute approximate surface area is 110 Å². The Kier molecular flexibility index (Phi) is 4.06. The highest BCUT2D eigenvalue weighted by atomic mass is 32.1. The van der Waals surface area contributed by atoms with Crippen LogP contribution in [0.5, 0.6) is 0 Å². The third-order valence-corrected chi connectivity index (χ3v) is 5.60. The Morgan fingerprint density at radius 2 is 2.12 bits per heavy atom. The van der Waals surface area contributed by atoms with Gasteiger partial charge in [-0.3, -0.25) is 4.79 Å². The third-order valence-electron chi connectivity index (χ3n) is 4.93. The normalized spacial score (nSPS) is 34.6. The number of thiol groups is 1. The number of hydrogen-bond donors (Lipinski definition) is 2. The molecule has 2 saturated carbocycles. The minimum Gasteiger partial charge on any atom is -0.353 e. The predicted molar refractivity (Wildman–Crippen MR) is 74.2 cm³/mol. The van der Waals surface area contributed by atoms with Gasteiger partial charge in [-0.1, -0.05) is 20.3 Å². The van der Waals surface area contributed by atoms with Crippen LogP contribution in [-0.4, -0.2) is 17.7 Å². The molecule has 3 atom stereocenters. The van der Waals surface area contributed by atoms with Crippen molar-refractivity contribution in [2.45, 2.75) is 58.4 Å². The Balaban J connectivity index is 1.79. The largest absolute Gasteiger partial charge is 0.353 e. The van der Waals surface area contributed by atoms with E-state index in [2.05, 4.69) is 31.8 Å². The first-order valence-corrected chi connectivity index (χ1v) is 7.64. The molecule has 0 spiro atoms. The lowest BCUT2D eigenvalue weighted by Crippen LogP contribution is -2.38. The van der Waals surface area contributed by atoms with Gasteiger partial charge in [-0.2, -0.15) is 12.6 Å². The molecule has 17 heavy (non-hydrogen) atoms. The summed E-state index contributed by atoms with van der Waals surface area (Å²) < 4.78 is 0. The van der Waals surface area contributed by atoms with Gasteiger partial charge in [0.1, 0.15) is 0 Å². The van der Waals surface area contributed by atoms with Crippen molar-refractivity contribution in [3.05, 3.63) is 0 Å². The van der Waals surface area contributed by atoms with Crippen LogP contribution in [0.4, 0.5) is 0 Å². The van der Waals surface area contributed by atoms with Gasteiger partial charge in [-0.05, 0) is 48.7 Å². The van der Waals surface area contributed by atoms with E-state index >= 15 is 0 Å². The number of carbonyl (C=O) groups excluding carboxylic acids is 1. The molecule has 1 amide bonds. The Morgan fingerprint density at radius 3 is 2.59 bits per heavy atom. The van der Waals surface area contributed by atoms with Gasteiger partial charge in [0.15, 0.2) is 0 Å². The van der Waals surface area contributed by atoms with Gasteiger partial charge >= 0.3 is 0 Å². The zero-order valence-electron chi connectivity index (χ0n) is 11.0. The minimum atomic E-state index is 0.249. The number of amides is 1. The van der Waals surface area contributed by atoms with Gasteiger partial charge in [0.05, 0.1) is 0 Å². The fourth-order valence-corrected chi connectivity index (χ4v) is 3.62. The summed E-state index contributed by atoms with van der Waals surface area (Å²) >= 11 is 4.35. The summed E-state index contributed by atoms with van der Waals surface area (Å²) in [6, 6.07) is 0.420. The SMILES string of the molecule is CCC1CCC(NC(=O)CC2(CS)CC2)C1C. The lowest BCUT2D eigenvalue weighted by atomic mass is 9.93. The van der Waals surface area contributed by atoms with Crippen molar-refractivity contribution in [2.75, 3.05) is 5.75 Å². The maximum atomic E-state index is 12.0. The summed E-state index contributed by atoms with van der Waals surface area (Å²) in [4.78, 5) is 12.0. The molecular weight excluding hydrogens is 230 g/mol. The molecule has 1 N–H and O–H groups in total. The van der Waals surface area contributed by atoms with E-state index in [0.717, 1.165) is 11.7 Å². The van der Waals surface area contributed by atoms with Crippen molar-refractivity contribution in [2.24, 2.45) is 17.3 Å². The van der Waals surface area contributed by atoms with Gasteiger partial charge < -0.3 is 5.32 Å². The van der Waals surface area contributed by atoms with Gasteiger partial charge in [0.2, 0.25) is 5.91 Å². The van der Waals surface area contributed by atoms with Crippen LogP contribution < -0.4 is 5.32 Å². The van der Waals surface area contributed by atoms with Crippen LogP contribution in [-0.2, 0) is 4.79 Å². The highest BCUT2D eigenvalue weighted by molar-refractivity contribution is 7.80. The monoisotopic (exact) mass is 255 g/mol. The molecule has 0 aromatic heterocycles. The number of nitrogens with one attached hydrogen (secondary N) is 1. The smallest absolute Gasteiger partial charge is 0.220 e. The lowest BCUT2D eigenvalue weighted by molar-refractivity contribution is -0.123. The average Bonchev–Trinajstić information content (AvgIpc) is 3.00. The molecule has 0 aromatic carbocycles. The van der Waals surface area contributed by atoms with Crippen molar-refractivity contribution >= 4 is 18.5 Å². The van der Waals surface area contributed by atoms with E-state index in [1.165, 1.54) is 32.1 Å². The van der Waals surface area contributed by atoms with Crippen LogP contribution in [0.3, 0.4) is 0 Å². The van der Waals surface area contributed by atoms with Crippen LogP contribution in [0.2, 0.25) is 0 Å². The second-order valence-corrected chi connectivity index (χ2v) is 6.43. The van der Waals surface area contributed by atoms with Crippen LogP contribution in [0.1, 0.15) is 52.4 Å². The molecule has 3 heteroatoms. The fourth-order valence-electron chi connectivity index (χ4n) is 3.19. The molecular formula is C14H25NOS. The lowest BCUT2D eigenvalue weighted by Gasteiger charge is -2.22. The molecule has 2 fully saturated rings. The number of carbonyl (C=O) groups is 1. The van der Waals surface area contributed by atoms with Crippen LogP contribution in [0, 0.1) is 17.3 Å². The highest BCUT2D eigenvalue weighted by Crippen LogP contribution is 2.49. The van der Waals surface area contributed by atoms with Crippen molar-refractivity contribution in [3.8, 4) is 0 Å². The van der Waals surface area contributed by atoms with E-state index in [0.29, 0.717) is 18.4 Å². The molecule has 98 valence electrons. The van der Waals surface area contributed by atoms with E-state index in [1.54, 1.807) is 0 Å². The predicted octanol–water partition coefficient (Wildman–Crippen LogP) is 3.03. The summed E-state index contributed by atoms with van der Waals surface area (Å²) in [6.45, 7) is 4.54. The quantitative estimate of drug-likeness (QED) is 0.727. The first-order chi connectivity index (χ1) is 8.10. The summed E-state index contributed by atoms with van der Waals surface area (Å²) in [5.41, 5.74) is 0.249. The third kappa shape index (κ3) is 2.98. The van der Waals surface area contributed by atoms with Crippen molar-refractivity contribution in [1.82, 2.24) is 5.32 Å². The zero-order chi connectivity index (χ0) is 12.5. The van der Waals surface area contributed by atoms with Crippen molar-refractivity contribution in [3.63, 3.8) is 0 Å². The van der Waals surface area contributed by atoms with Crippen LogP contribution >= 0.6 is 12.6 Å². The topological polar surface area (TPSA) is 29.1 Å². The molecule has 0 bridgehead atoms. The molecule has 0 saturated heterocycles. The second kappa shape index (κ2) is 5.21. The van der Waals surface area contributed by atoms with Gasteiger partial charge in [-0.15, -0.1) is 0 Å². The summed E-state index contributed by atoms with van der Waals surface area (Å²) in [7, 11) is 0. The molecule has 0 heterocycles. The van der Waals surface area contributed by atoms with Gasteiger partial charge in [0.25, 0.3) is 0 Å². The first kappa shape index (κ1) is 13.3. The van der Waals surface area contributed by atoms with Crippen molar-refractivity contribution in [1.29, 1.82) is 0 Å². The van der Waals surface area contributed by atoms with Gasteiger partial charge in [-0.25, -0.2) is 0 Å². The first-order valence-electron chi connectivity index (χ1n) is 7.00.